The highest BCUT2D eigenvalue weighted by Crippen LogP contribution is 2.36. The second-order valence-electron chi connectivity index (χ2n) is 3.38. The van der Waals surface area contributed by atoms with Crippen LogP contribution in [0.1, 0.15) is 5.82 Å². The summed E-state index contributed by atoms with van der Waals surface area (Å²) in [5.41, 5.74) is 6.59. The SMILES string of the molecule is Cc1nc(N)c2cc3c(cc2n1)OCO3. The Morgan fingerprint density at radius 1 is 1.20 bits per heavy atom. The lowest BCUT2D eigenvalue weighted by Gasteiger charge is -2.03. The van der Waals surface area contributed by atoms with Gasteiger partial charge in [0.25, 0.3) is 0 Å². The summed E-state index contributed by atoms with van der Waals surface area (Å²) in [5, 5.41) is 0.796. The van der Waals surface area contributed by atoms with Gasteiger partial charge < -0.3 is 15.2 Å². The summed E-state index contributed by atoms with van der Waals surface area (Å²) in [6, 6.07) is 3.63. The van der Waals surface area contributed by atoms with Crippen molar-refractivity contribution in [3.05, 3.63) is 18.0 Å². The molecule has 0 spiro atoms. The second-order valence-corrected chi connectivity index (χ2v) is 3.38. The largest absolute Gasteiger partial charge is 0.454 e. The Hall–Kier alpha value is -2.04. The Bertz CT molecular complexity index is 554. The van der Waals surface area contributed by atoms with Crippen molar-refractivity contribution >= 4 is 16.7 Å². The van der Waals surface area contributed by atoms with Gasteiger partial charge in [-0.1, -0.05) is 0 Å². The maximum absolute atomic E-state index is 5.80. The fourth-order valence-corrected chi connectivity index (χ4v) is 1.66. The second kappa shape index (κ2) is 2.73. The number of nitrogens with zero attached hydrogens (tertiary/aromatic N) is 2. The Kier molecular flexibility index (Phi) is 1.50. The molecule has 0 radical (unpaired) electrons. The number of hydrogen-bond acceptors (Lipinski definition) is 5. The third-order valence-corrected chi connectivity index (χ3v) is 2.33. The fraction of sp³-hybridized carbons (Fsp3) is 0.200. The highest BCUT2D eigenvalue weighted by Gasteiger charge is 2.16. The molecular formula is C10H9N3O2. The summed E-state index contributed by atoms with van der Waals surface area (Å²) >= 11 is 0. The fourth-order valence-electron chi connectivity index (χ4n) is 1.66. The smallest absolute Gasteiger partial charge is 0.231 e. The number of ether oxygens (including phenoxy) is 2. The molecule has 3 rings (SSSR count). The van der Waals surface area contributed by atoms with Crippen molar-refractivity contribution < 1.29 is 9.47 Å². The van der Waals surface area contributed by atoms with Gasteiger partial charge in [0.1, 0.15) is 11.6 Å². The highest BCUT2D eigenvalue weighted by atomic mass is 16.7. The summed E-state index contributed by atoms with van der Waals surface area (Å²) in [6.07, 6.45) is 0. The first-order valence-corrected chi connectivity index (χ1v) is 4.57. The summed E-state index contributed by atoms with van der Waals surface area (Å²) in [6.45, 7) is 2.05. The van der Waals surface area contributed by atoms with Crippen molar-refractivity contribution in [3.8, 4) is 11.5 Å². The van der Waals surface area contributed by atoms with Crippen LogP contribution in [-0.4, -0.2) is 16.8 Å². The van der Waals surface area contributed by atoms with Gasteiger partial charge >= 0.3 is 0 Å². The minimum Gasteiger partial charge on any atom is -0.454 e. The van der Waals surface area contributed by atoms with E-state index in [1.807, 2.05) is 12.1 Å². The molecule has 2 heterocycles. The van der Waals surface area contributed by atoms with Gasteiger partial charge in [-0.25, -0.2) is 9.97 Å². The molecule has 1 aromatic carbocycles. The molecule has 0 unspecified atom stereocenters. The summed E-state index contributed by atoms with van der Waals surface area (Å²) < 4.78 is 10.5. The molecule has 15 heavy (non-hydrogen) atoms. The Morgan fingerprint density at radius 3 is 2.73 bits per heavy atom. The highest BCUT2D eigenvalue weighted by molar-refractivity contribution is 5.90. The predicted octanol–water partition coefficient (Wildman–Crippen LogP) is 1.25. The first kappa shape index (κ1) is 8.28. The molecule has 0 saturated heterocycles. The molecule has 5 nitrogen and oxygen atoms in total. The monoisotopic (exact) mass is 203 g/mol. The maximum atomic E-state index is 5.80. The Balaban J connectivity index is 2.38. The molecule has 0 amide bonds. The summed E-state index contributed by atoms with van der Waals surface area (Å²) in [7, 11) is 0. The quantitative estimate of drug-likeness (QED) is 0.697. The topological polar surface area (TPSA) is 70.3 Å². The van der Waals surface area contributed by atoms with E-state index in [9.17, 15) is 0 Å². The zero-order chi connectivity index (χ0) is 10.4. The first-order valence-electron chi connectivity index (χ1n) is 4.57. The van der Waals surface area contributed by atoms with Crippen molar-refractivity contribution in [2.75, 3.05) is 12.5 Å². The van der Waals surface area contributed by atoms with Crippen molar-refractivity contribution in [3.63, 3.8) is 0 Å². The molecule has 2 aromatic rings. The van der Waals surface area contributed by atoms with E-state index in [0.717, 1.165) is 10.9 Å². The van der Waals surface area contributed by atoms with E-state index in [1.54, 1.807) is 6.92 Å². The number of hydrogen-bond donors (Lipinski definition) is 1. The number of fused-ring (bicyclic) bond motifs is 2. The van der Waals surface area contributed by atoms with Gasteiger partial charge in [0.2, 0.25) is 6.79 Å². The minimum absolute atomic E-state index is 0.248. The van der Waals surface area contributed by atoms with Crippen molar-refractivity contribution in [2.45, 2.75) is 6.92 Å². The molecule has 76 valence electrons. The van der Waals surface area contributed by atoms with Crippen LogP contribution < -0.4 is 15.2 Å². The van der Waals surface area contributed by atoms with Crippen LogP contribution in [-0.2, 0) is 0 Å². The number of anilines is 1. The lowest BCUT2D eigenvalue weighted by Crippen LogP contribution is -1.97. The van der Waals surface area contributed by atoms with Crippen molar-refractivity contribution in [1.29, 1.82) is 0 Å². The Morgan fingerprint density at radius 2 is 1.93 bits per heavy atom. The van der Waals surface area contributed by atoms with Gasteiger partial charge in [0.15, 0.2) is 11.5 Å². The molecule has 2 N–H and O–H groups in total. The molecule has 0 saturated carbocycles. The molecular weight excluding hydrogens is 194 g/mol. The van der Waals surface area contributed by atoms with Gasteiger partial charge in [0.05, 0.1) is 5.52 Å². The van der Waals surface area contributed by atoms with Crippen LogP contribution in [0.3, 0.4) is 0 Å². The number of aryl methyl sites for hydroxylation is 1. The molecule has 1 aliphatic rings. The minimum atomic E-state index is 0.248. The van der Waals surface area contributed by atoms with Gasteiger partial charge in [-0.05, 0) is 13.0 Å². The number of benzene rings is 1. The maximum Gasteiger partial charge on any atom is 0.231 e. The number of rotatable bonds is 0. The lowest BCUT2D eigenvalue weighted by molar-refractivity contribution is 0.174. The van der Waals surface area contributed by atoms with Crippen LogP contribution >= 0.6 is 0 Å². The van der Waals surface area contributed by atoms with Crippen LogP contribution in [0.15, 0.2) is 12.1 Å². The zero-order valence-electron chi connectivity index (χ0n) is 8.15. The third-order valence-electron chi connectivity index (χ3n) is 2.33. The van der Waals surface area contributed by atoms with E-state index in [0.29, 0.717) is 23.1 Å². The average Bonchev–Trinajstić information content (AvgIpc) is 2.61. The van der Waals surface area contributed by atoms with E-state index in [-0.39, 0.29) is 6.79 Å². The van der Waals surface area contributed by atoms with E-state index >= 15 is 0 Å². The number of nitrogen functional groups attached to an aromatic ring is 1. The molecule has 0 bridgehead atoms. The average molecular weight is 203 g/mol. The van der Waals surface area contributed by atoms with Crippen molar-refractivity contribution in [1.82, 2.24) is 9.97 Å². The van der Waals surface area contributed by atoms with E-state index < -0.39 is 0 Å². The third kappa shape index (κ3) is 1.16. The first-order chi connectivity index (χ1) is 7.24. The van der Waals surface area contributed by atoms with Crippen LogP contribution in [0, 0.1) is 6.92 Å². The van der Waals surface area contributed by atoms with E-state index in [2.05, 4.69) is 9.97 Å². The molecule has 0 aliphatic carbocycles. The van der Waals surface area contributed by atoms with Gasteiger partial charge in [0, 0.05) is 11.5 Å². The molecule has 1 aliphatic heterocycles. The predicted molar refractivity (Wildman–Crippen MR) is 54.8 cm³/mol. The van der Waals surface area contributed by atoms with Crippen LogP contribution in [0.4, 0.5) is 5.82 Å². The van der Waals surface area contributed by atoms with Crippen molar-refractivity contribution in [2.24, 2.45) is 0 Å². The van der Waals surface area contributed by atoms with Gasteiger partial charge in [-0.3, -0.25) is 0 Å². The van der Waals surface area contributed by atoms with Crippen LogP contribution in [0.25, 0.3) is 10.9 Å². The van der Waals surface area contributed by atoms with Crippen LogP contribution in [0.5, 0.6) is 11.5 Å². The number of nitrogens with two attached hydrogens (primary N) is 1. The van der Waals surface area contributed by atoms with E-state index in [4.69, 9.17) is 15.2 Å². The van der Waals surface area contributed by atoms with Gasteiger partial charge in [-0.15, -0.1) is 0 Å². The van der Waals surface area contributed by atoms with Gasteiger partial charge in [-0.2, -0.15) is 0 Å². The molecule has 5 heteroatoms. The Labute approximate surface area is 85.8 Å². The number of aromatic nitrogens is 2. The zero-order valence-corrected chi connectivity index (χ0v) is 8.15. The molecule has 0 atom stereocenters. The molecule has 0 fully saturated rings. The van der Waals surface area contributed by atoms with E-state index in [1.165, 1.54) is 0 Å². The van der Waals surface area contributed by atoms with Crippen LogP contribution in [0.2, 0.25) is 0 Å². The normalized spacial score (nSPS) is 13.4. The lowest BCUT2D eigenvalue weighted by atomic mass is 10.2. The standard InChI is InChI=1S/C10H9N3O2/c1-5-12-7-3-9-8(14-4-15-9)2-6(7)10(11)13-5/h2-3H,4H2,1H3,(H2,11,12,13). The summed E-state index contributed by atoms with van der Waals surface area (Å²) in [5.74, 6) is 2.52. The summed E-state index contributed by atoms with van der Waals surface area (Å²) in [4.78, 5) is 8.38. The molecule has 1 aromatic heterocycles.